The lowest BCUT2D eigenvalue weighted by molar-refractivity contribution is 0.0950. The van der Waals surface area contributed by atoms with Crippen molar-refractivity contribution in [3.8, 4) is 34.1 Å². The van der Waals surface area contributed by atoms with Crippen LogP contribution in [0, 0.1) is 11.6 Å². The first-order valence-corrected chi connectivity index (χ1v) is 16.5. The number of halogens is 2. The predicted octanol–water partition coefficient (Wildman–Crippen LogP) is 6.56. The number of phenolic OH excluding ortho intramolecular Hbond substituents is 1. The molecule has 0 bridgehead atoms. The molecule has 5 rings (SSSR count). The fourth-order valence-corrected chi connectivity index (χ4v) is 6.96. The van der Waals surface area contributed by atoms with Crippen LogP contribution in [0.3, 0.4) is 0 Å². The summed E-state index contributed by atoms with van der Waals surface area (Å²) in [6.45, 7) is 1.85. The average Bonchev–Trinajstić information content (AvgIpc) is 3.07. The van der Waals surface area contributed by atoms with Gasteiger partial charge in [-0.2, -0.15) is 0 Å². The lowest BCUT2D eigenvalue weighted by Crippen LogP contribution is -2.27. The van der Waals surface area contributed by atoms with Crippen molar-refractivity contribution in [3.05, 3.63) is 136 Å². The van der Waals surface area contributed by atoms with Crippen LogP contribution in [-0.2, 0) is 16.9 Å². The summed E-state index contributed by atoms with van der Waals surface area (Å²) < 4.78 is 69.7. The number of nitrogens with zero attached hydrogens (tertiary/aromatic N) is 1. The molecule has 9 nitrogen and oxygen atoms in total. The van der Waals surface area contributed by atoms with E-state index in [0.717, 1.165) is 12.1 Å². The first kappa shape index (κ1) is 33.9. The third-order valence-corrected chi connectivity index (χ3v) is 9.74. The van der Waals surface area contributed by atoms with Gasteiger partial charge in [-0.3, -0.25) is 9.59 Å². The van der Waals surface area contributed by atoms with E-state index in [1.54, 1.807) is 43.3 Å². The SMILES string of the molecule is CCOc1cc(=O)n(C)cc1-c1cc(C(CCNC(=O)c2ccccc2O)S(=O)(=O)c2ccccc2)ccc1Oc1ccc(F)cc1F. The summed E-state index contributed by atoms with van der Waals surface area (Å²) in [6.07, 6.45) is 1.42. The van der Waals surface area contributed by atoms with Gasteiger partial charge in [0.1, 0.15) is 23.1 Å². The summed E-state index contributed by atoms with van der Waals surface area (Å²) in [5.41, 5.74) is 0.586. The zero-order valence-corrected chi connectivity index (χ0v) is 26.8. The number of nitrogens with one attached hydrogen (secondary N) is 1. The molecular weight excluding hydrogens is 642 g/mol. The van der Waals surface area contributed by atoms with E-state index in [1.807, 2.05) is 0 Å². The number of sulfone groups is 1. The number of aryl methyl sites for hydroxylation is 1. The molecule has 1 amide bonds. The fraction of sp³-hybridized carbons (Fsp3) is 0.167. The number of rotatable bonds is 12. The van der Waals surface area contributed by atoms with Crippen LogP contribution in [0.1, 0.15) is 34.5 Å². The van der Waals surface area contributed by atoms with Crippen LogP contribution < -0.4 is 20.3 Å². The fourth-order valence-electron chi connectivity index (χ4n) is 5.17. The van der Waals surface area contributed by atoms with Gasteiger partial charge in [-0.25, -0.2) is 17.2 Å². The second kappa shape index (κ2) is 14.5. The minimum atomic E-state index is -4.07. The molecule has 0 aliphatic rings. The van der Waals surface area contributed by atoms with E-state index in [-0.39, 0.29) is 64.2 Å². The number of pyridine rings is 1. The van der Waals surface area contributed by atoms with E-state index < -0.39 is 32.6 Å². The Balaban J connectivity index is 1.63. The van der Waals surface area contributed by atoms with E-state index in [0.29, 0.717) is 17.2 Å². The van der Waals surface area contributed by atoms with Gasteiger partial charge in [0.2, 0.25) is 0 Å². The summed E-state index contributed by atoms with van der Waals surface area (Å²) >= 11 is 0. The number of aromatic hydroxyl groups is 1. The van der Waals surface area contributed by atoms with Crippen LogP contribution in [0.15, 0.2) is 113 Å². The van der Waals surface area contributed by atoms with Crippen molar-refractivity contribution in [2.45, 2.75) is 23.5 Å². The minimum absolute atomic E-state index is 0.0370. The molecule has 4 aromatic carbocycles. The summed E-state index contributed by atoms with van der Waals surface area (Å²) in [5, 5.41) is 11.6. The molecule has 1 aromatic heterocycles. The minimum Gasteiger partial charge on any atom is -0.507 e. The Labute approximate surface area is 275 Å². The highest BCUT2D eigenvalue weighted by Crippen LogP contribution is 2.42. The number of carbonyl (C=O) groups is 1. The van der Waals surface area contributed by atoms with Crippen LogP contribution in [0.4, 0.5) is 8.78 Å². The Bertz CT molecular complexity index is 2120. The standard InChI is InChI=1S/C36H32F2N2O7S/c1-3-46-33-21-35(42)40(2)22-28(33)27-19-23(13-15-31(27)47-32-16-14-24(37)20-29(32)38)34(48(44,45)25-9-5-4-6-10-25)17-18-39-36(43)26-11-7-8-12-30(26)41/h4-16,19-22,34,41H,3,17-18H2,1-2H3,(H,39,43). The third-order valence-electron chi connectivity index (χ3n) is 7.56. The molecule has 0 radical (unpaired) electrons. The zero-order valence-electron chi connectivity index (χ0n) is 26.0. The van der Waals surface area contributed by atoms with E-state index in [2.05, 4.69) is 5.32 Å². The number of phenols is 1. The molecule has 248 valence electrons. The molecule has 1 atom stereocenters. The van der Waals surface area contributed by atoms with E-state index in [1.165, 1.54) is 60.3 Å². The van der Waals surface area contributed by atoms with Gasteiger partial charge in [0.25, 0.3) is 11.5 Å². The van der Waals surface area contributed by atoms with Crippen LogP contribution in [0.2, 0.25) is 0 Å². The van der Waals surface area contributed by atoms with Gasteiger partial charge in [-0.1, -0.05) is 36.4 Å². The van der Waals surface area contributed by atoms with Crippen molar-refractivity contribution in [1.82, 2.24) is 9.88 Å². The third kappa shape index (κ3) is 7.39. The molecule has 0 fully saturated rings. The highest BCUT2D eigenvalue weighted by Gasteiger charge is 2.30. The van der Waals surface area contributed by atoms with E-state index >= 15 is 0 Å². The van der Waals surface area contributed by atoms with Crippen molar-refractivity contribution in [3.63, 3.8) is 0 Å². The maximum atomic E-state index is 14.7. The number of hydrogen-bond donors (Lipinski definition) is 2. The van der Waals surface area contributed by atoms with Crippen molar-refractivity contribution in [2.24, 2.45) is 7.05 Å². The summed E-state index contributed by atoms with van der Waals surface area (Å²) in [7, 11) is -2.54. The number of carbonyl (C=O) groups excluding carboxylic acids is 1. The van der Waals surface area contributed by atoms with Crippen LogP contribution in [0.5, 0.6) is 23.0 Å². The lowest BCUT2D eigenvalue weighted by atomic mass is 9.99. The van der Waals surface area contributed by atoms with Crippen LogP contribution in [-0.4, -0.2) is 37.2 Å². The highest BCUT2D eigenvalue weighted by atomic mass is 32.2. The number of hydrogen-bond acceptors (Lipinski definition) is 7. The number of ether oxygens (including phenoxy) is 2. The quantitative estimate of drug-likeness (QED) is 0.154. The molecule has 0 aliphatic carbocycles. The summed E-state index contributed by atoms with van der Waals surface area (Å²) in [6, 6.07) is 22.5. The normalized spacial score (nSPS) is 11.9. The number of para-hydroxylation sites is 1. The first-order chi connectivity index (χ1) is 23.0. The molecular formula is C36H32F2N2O7S. The monoisotopic (exact) mass is 674 g/mol. The van der Waals surface area contributed by atoms with Crippen molar-refractivity contribution < 1.29 is 36.6 Å². The molecule has 12 heteroatoms. The maximum Gasteiger partial charge on any atom is 0.255 e. The number of amides is 1. The van der Waals surface area contributed by atoms with Crippen molar-refractivity contribution in [1.29, 1.82) is 0 Å². The molecule has 0 spiro atoms. The molecule has 1 unspecified atom stereocenters. The van der Waals surface area contributed by atoms with Gasteiger partial charge in [0, 0.05) is 43.0 Å². The maximum absolute atomic E-state index is 14.7. The van der Waals surface area contributed by atoms with Gasteiger partial charge < -0.3 is 24.5 Å². The topological polar surface area (TPSA) is 124 Å². The van der Waals surface area contributed by atoms with Gasteiger partial charge >= 0.3 is 0 Å². The Morgan fingerprint density at radius 2 is 1.60 bits per heavy atom. The first-order valence-electron chi connectivity index (χ1n) is 15.0. The molecule has 0 aliphatic heterocycles. The smallest absolute Gasteiger partial charge is 0.255 e. The molecule has 0 saturated heterocycles. The summed E-state index contributed by atoms with van der Waals surface area (Å²) in [4.78, 5) is 25.4. The number of benzene rings is 4. The van der Waals surface area contributed by atoms with Crippen molar-refractivity contribution >= 4 is 15.7 Å². The Kier molecular flexibility index (Phi) is 10.2. The van der Waals surface area contributed by atoms with Crippen LogP contribution in [0.25, 0.3) is 11.1 Å². The van der Waals surface area contributed by atoms with E-state index in [9.17, 15) is 31.9 Å². The second-order valence-corrected chi connectivity index (χ2v) is 12.9. The Morgan fingerprint density at radius 1 is 0.896 bits per heavy atom. The average molecular weight is 675 g/mol. The van der Waals surface area contributed by atoms with E-state index in [4.69, 9.17) is 9.47 Å². The Hall–Kier alpha value is -5.49. The van der Waals surface area contributed by atoms with Gasteiger partial charge in [-0.05, 0) is 67.4 Å². The highest BCUT2D eigenvalue weighted by molar-refractivity contribution is 7.91. The van der Waals surface area contributed by atoms with Gasteiger partial charge in [-0.15, -0.1) is 0 Å². The largest absolute Gasteiger partial charge is 0.507 e. The Morgan fingerprint density at radius 3 is 2.31 bits per heavy atom. The number of aromatic nitrogens is 1. The lowest BCUT2D eigenvalue weighted by Gasteiger charge is -2.22. The molecule has 48 heavy (non-hydrogen) atoms. The van der Waals surface area contributed by atoms with Gasteiger partial charge in [0.15, 0.2) is 21.4 Å². The second-order valence-electron chi connectivity index (χ2n) is 10.8. The van der Waals surface area contributed by atoms with Crippen molar-refractivity contribution in [2.75, 3.05) is 13.2 Å². The predicted molar refractivity (Wildman–Crippen MR) is 176 cm³/mol. The zero-order chi connectivity index (χ0) is 34.4. The summed E-state index contributed by atoms with van der Waals surface area (Å²) in [5.74, 6) is -2.58. The van der Waals surface area contributed by atoms with Gasteiger partial charge in [0.05, 0.1) is 22.3 Å². The molecule has 5 aromatic rings. The van der Waals surface area contributed by atoms with Crippen LogP contribution >= 0.6 is 0 Å². The molecule has 2 N–H and O–H groups in total. The molecule has 0 saturated carbocycles. The molecule has 1 heterocycles.